The van der Waals surface area contributed by atoms with E-state index in [1.54, 1.807) is 7.11 Å². The molecule has 0 bridgehead atoms. The van der Waals surface area contributed by atoms with Crippen molar-refractivity contribution in [1.29, 1.82) is 0 Å². The molecule has 0 unspecified atom stereocenters. The molecule has 0 aliphatic rings. The Kier molecular flexibility index (Phi) is 4.77. The van der Waals surface area contributed by atoms with Crippen LogP contribution in [0, 0.1) is 5.92 Å². The van der Waals surface area contributed by atoms with E-state index in [9.17, 15) is 0 Å². The Bertz CT molecular complexity index is 308. The molecule has 1 aromatic carbocycles. The third kappa shape index (κ3) is 2.97. The van der Waals surface area contributed by atoms with Gasteiger partial charge in [0.2, 0.25) is 0 Å². The molecular formula is C13H21NO2. The highest BCUT2D eigenvalue weighted by Crippen LogP contribution is 2.26. The molecule has 0 radical (unpaired) electrons. The van der Waals surface area contributed by atoms with Gasteiger partial charge in [0, 0.05) is 39.4 Å². The molecule has 0 aromatic heterocycles. The summed E-state index contributed by atoms with van der Waals surface area (Å²) in [6, 6.07) is 8.22. The van der Waals surface area contributed by atoms with Crippen molar-refractivity contribution in [3.63, 3.8) is 0 Å². The molecule has 0 aliphatic carbocycles. The summed E-state index contributed by atoms with van der Waals surface area (Å²) in [4.78, 5) is 2.06. The van der Waals surface area contributed by atoms with E-state index in [4.69, 9.17) is 9.84 Å². The summed E-state index contributed by atoms with van der Waals surface area (Å²) in [7, 11) is 5.70. The molecule has 1 rings (SSSR count). The van der Waals surface area contributed by atoms with Crippen molar-refractivity contribution in [3.05, 3.63) is 29.8 Å². The quantitative estimate of drug-likeness (QED) is 0.829. The Hall–Kier alpha value is -1.06. The third-order valence-corrected chi connectivity index (χ3v) is 2.80. The van der Waals surface area contributed by atoms with Crippen molar-refractivity contribution in [2.75, 3.05) is 32.7 Å². The summed E-state index contributed by atoms with van der Waals surface area (Å²) in [5.41, 5.74) is 2.27. The van der Waals surface area contributed by atoms with Gasteiger partial charge in [-0.3, -0.25) is 0 Å². The average molecular weight is 223 g/mol. The predicted molar refractivity (Wildman–Crippen MR) is 66.8 cm³/mol. The Morgan fingerprint density at radius 1 is 1.25 bits per heavy atom. The van der Waals surface area contributed by atoms with E-state index in [0.717, 1.165) is 11.3 Å². The fourth-order valence-electron chi connectivity index (χ4n) is 1.75. The highest BCUT2D eigenvalue weighted by Gasteiger charge is 2.17. The van der Waals surface area contributed by atoms with Crippen molar-refractivity contribution in [2.45, 2.75) is 13.0 Å². The maximum Gasteiger partial charge on any atom is 0.0868 e. The molecule has 16 heavy (non-hydrogen) atoms. The van der Waals surface area contributed by atoms with Gasteiger partial charge in [0.15, 0.2) is 0 Å². The van der Waals surface area contributed by atoms with E-state index >= 15 is 0 Å². The fourth-order valence-corrected chi connectivity index (χ4v) is 1.75. The molecule has 0 heterocycles. The van der Waals surface area contributed by atoms with Crippen LogP contribution in [0.1, 0.15) is 18.6 Å². The molecule has 90 valence electrons. The highest BCUT2D eigenvalue weighted by molar-refractivity contribution is 5.46. The minimum atomic E-state index is -0.0405. The summed E-state index contributed by atoms with van der Waals surface area (Å²) in [6.45, 7) is 2.11. The van der Waals surface area contributed by atoms with Crippen LogP contribution in [0.5, 0.6) is 0 Å². The fraction of sp³-hybridized carbons (Fsp3) is 0.538. The van der Waals surface area contributed by atoms with Crippen LogP contribution in [0.4, 0.5) is 5.69 Å². The number of methoxy groups -OCH3 is 1. The van der Waals surface area contributed by atoms with Gasteiger partial charge in [0.05, 0.1) is 6.10 Å². The first-order valence-corrected chi connectivity index (χ1v) is 5.51. The topological polar surface area (TPSA) is 32.7 Å². The van der Waals surface area contributed by atoms with Gasteiger partial charge in [0.25, 0.3) is 0 Å². The standard InChI is InChI=1S/C13H21NO2/c1-10(9-15)13(16-4)11-5-7-12(8-6-11)14(2)3/h5-8,10,13,15H,9H2,1-4H3/t10-,13-/m1/s1. The highest BCUT2D eigenvalue weighted by atomic mass is 16.5. The summed E-state index contributed by atoms with van der Waals surface area (Å²) >= 11 is 0. The Balaban J connectivity index is 2.86. The molecule has 0 saturated heterocycles. The number of aliphatic hydroxyl groups is 1. The van der Waals surface area contributed by atoms with Crippen LogP contribution in [0.15, 0.2) is 24.3 Å². The monoisotopic (exact) mass is 223 g/mol. The summed E-state index contributed by atoms with van der Waals surface area (Å²) in [5, 5.41) is 9.15. The molecule has 0 fully saturated rings. The number of benzene rings is 1. The largest absolute Gasteiger partial charge is 0.396 e. The predicted octanol–water partition coefficient (Wildman–Crippen LogP) is 2.07. The first kappa shape index (κ1) is 13.0. The number of nitrogens with zero attached hydrogens (tertiary/aromatic N) is 1. The second-order valence-corrected chi connectivity index (χ2v) is 4.30. The summed E-state index contributed by atoms with van der Waals surface area (Å²) < 4.78 is 5.42. The van der Waals surface area contributed by atoms with Crippen molar-refractivity contribution >= 4 is 5.69 Å². The lowest BCUT2D eigenvalue weighted by molar-refractivity contribution is 0.0328. The van der Waals surface area contributed by atoms with Crippen molar-refractivity contribution in [2.24, 2.45) is 5.92 Å². The number of anilines is 1. The van der Waals surface area contributed by atoms with Gasteiger partial charge < -0.3 is 14.7 Å². The SMILES string of the molecule is CO[C@@H](c1ccc(N(C)C)cc1)[C@H](C)CO. The lowest BCUT2D eigenvalue weighted by Gasteiger charge is -2.22. The van der Waals surface area contributed by atoms with Crippen LogP contribution in [0.25, 0.3) is 0 Å². The van der Waals surface area contributed by atoms with Crippen molar-refractivity contribution in [1.82, 2.24) is 0 Å². The maximum atomic E-state index is 9.15. The summed E-state index contributed by atoms with van der Waals surface area (Å²) in [6.07, 6.45) is -0.0405. The second kappa shape index (κ2) is 5.87. The van der Waals surface area contributed by atoms with Crippen LogP contribution in [0.3, 0.4) is 0 Å². The molecule has 1 aromatic rings. The normalized spacial score (nSPS) is 14.6. The van der Waals surface area contributed by atoms with Crippen molar-refractivity contribution < 1.29 is 9.84 Å². The van der Waals surface area contributed by atoms with E-state index in [1.165, 1.54) is 0 Å². The Morgan fingerprint density at radius 3 is 2.19 bits per heavy atom. The molecule has 3 heteroatoms. The zero-order valence-electron chi connectivity index (χ0n) is 10.5. The molecule has 3 nitrogen and oxygen atoms in total. The first-order chi connectivity index (χ1) is 7.60. The van der Waals surface area contributed by atoms with E-state index in [1.807, 2.05) is 21.0 Å². The number of rotatable bonds is 5. The lowest BCUT2D eigenvalue weighted by Crippen LogP contribution is -2.15. The molecular weight excluding hydrogens is 202 g/mol. The van der Waals surface area contributed by atoms with E-state index in [2.05, 4.69) is 29.2 Å². The third-order valence-electron chi connectivity index (χ3n) is 2.80. The number of ether oxygens (including phenoxy) is 1. The van der Waals surface area contributed by atoms with Gasteiger partial charge in [-0.05, 0) is 17.7 Å². The van der Waals surface area contributed by atoms with Gasteiger partial charge in [-0.2, -0.15) is 0 Å². The smallest absolute Gasteiger partial charge is 0.0868 e. The van der Waals surface area contributed by atoms with E-state index in [0.29, 0.717) is 0 Å². The van der Waals surface area contributed by atoms with Gasteiger partial charge in [0.1, 0.15) is 0 Å². The zero-order chi connectivity index (χ0) is 12.1. The van der Waals surface area contributed by atoms with Crippen LogP contribution in [-0.4, -0.2) is 32.9 Å². The van der Waals surface area contributed by atoms with Gasteiger partial charge >= 0.3 is 0 Å². The molecule has 0 aliphatic heterocycles. The minimum Gasteiger partial charge on any atom is -0.396 e. The van der Waals surface area contributed by atoms with Crippen LogP contribution in [-0.2, 0) is 4.74 Å². The zero-order valence-corrected chi connectivity index (χ0v) is 10.5. The minimum absolute atomic E-state index is 0.0405. The van der Waals surface area contributed by atoms with Gasteiger partial charge in [-0.1, -0.05) is 19.1 Å². The summed E-state index contributed by atoms with van der Waals surface area (Å²) in [5.74, 6) is 0.107. The molecule has 0 spiro atoms. The number of hydrogen-bond acceptors (Lipinski definition) is 3. The lowest BCUT2D eigenvalue weighted by atomic mass is 9.98. The van der Waals surface area contributed by atoms with Crippen molar-refractivity contribution in [3.8, 4) is 0 Å². The molecule has 0 saturated carbocycles. The molecule has 0 amide bonds. The maximum absolute atomic E-state index is 9.15. The second-order valence-electron chi connectivity index (χ2n) is 4.30. The van der Waals surface area contributed by atoms with E-state index < -0.39 is 0 Å². The molecule has 1 N–H and O–H groups in total. The average Bonchev–Trinajstić information content (AvgIpc) is 2.30. The van der Waals surface area contributed by atoms with Crippen LogP contribution in [0.2, 0.25) is 0 Å². The number of aliphatic hydroxyl groups excluding tert-OH is 1. The van der Waals surface area contributed by atoms with Gasteiger partial charge in [-0.15, -0.1) is 0 Å². The Labute approximate surface area is 97.7 Å². The van der Waals surface area contributed by atoms with Gasteiger partial charge in [-0.25, -0.2) is 0 Å². The van der Waals surface area contributed by atoms with E-state index in [-0.39, 0.29) is 18.6 Å². The number of hydrogen-bond donors (Lipinski definition) is 1. The Morgan fingerprint density at radius 2 is 1.81 bits per heavy atom. The first-order valence-electron chi connectivity index (χ1n) is 5.51. The van der Waals surface area contributed by atoms with Crippen LogP contribution < -0.4 is 4.90 Å². The van der Waals surface area contributed by atoms with Crippen LogP contribution >= 0.6 is 0 Å². The molecule has 2 atom stereocenters.